The first-order valence-electron chi connectivity index (χ1n) is 4.84. The Morgan fingerprint density at radius 2 is 2.40 bits per heavy atom. The summed E-state index contributed by atoms with van der Waals surface area (Å²) in [5.74, 6) is 0.287. The lowest BCUT2D eigenvalue weighted by Gasteiger charge is -1.96. The fourth-order valence-electron chi connectivity index (χ4n) is 0.915. The van der Waals surface area contributed by atoms with Crippen molar-refractivity contribution >= 4 is 5.69 Å². The minimum atomic E-state index is -0.153. The van der Waals surface area contributed by atoms with Crippen LogP contribution < -0.4 is 5.73 Å². The largest absolute Gasteiger partial charge is 0.397 e. The quantitative estimate of drug-likeness (QED) is 0.637. The molecule has 0 spiro atoms. The summed E-state index contributed by atoms with van der Waals surface area (Å²) in [4.78, 5) is 3.68. The van der Waals surface area contributed by atoms with E-state index in [4.69, 9.17) is 9.85 Å². The van der Waals surface area contributed by atoms with Gasteiger partial charge in [0, 0.05) is 12.3 Å². The Hall–Kier alpha value is -1.05. The topological polar surface area (TPSA) is 38.9 Å². The number of rotatable bonds is 1. The van der Waals surface area contributed by atoms with Gasteiger partial charge in [0.25, 0.3) is 0 Å². The van der Waals surface area contributed by atoms with Crippen molar-refractivity contribution in [3.8, 4) is 0 Å². The van der Waals surface area contributed by atoms with Gasteiger partial charge >= 0.3 is 0 Å². The summed E-state index contributed by atoms with van der Waals surface area (Å²) in [6.07, 6.45) is 1.91. The van der Waals surface area contributed by atoms with E-state index < -0.39 is 0 Å². The molecule has 10 heavy (non-hydrogen) atoms. The van der Waals surface area contributed by atoms with E-state index in [1.165, 1.54) is 0 Å². The maximum Gasteiger partial charge on any atom is 0.0862 e. The normalized spacial score (nSPS) is 21.4. The van der Waals surface area contributed by atoms with Crippen molar-refractivity contribution in [2.45, 2.75) is 18.8 Å². The van der Waals surface area contributed by atoms with E-state index in [2.05, 4.69) is 4.98 Å². The third kappa shape index (κ3) is 0.967. The summed E-state index contributed by atoms with van der Waals surface area (Å²) >= 11 is 0. The highest BCUT2D eigenvalue weighted by Crippen LogP contribution is 2.39. The predicted molar refractivity (Wildman–Crippen MR) is 40.6 cm³/mol. The second kappa shape index (κ2) is 1.97. The molecule has 0 saturated heterocycles. The first-order chi connectivity index (χ1) is 6.11. The van der Waals surface area contributed by atoms with Gasteiger partial charge in [0.15, 0.2) is 0 Å². The van der Waals surface area contributed by atoms with E-state index in [-0.39, 0.29) is 30.0 Å². The first-order valence-corrected chi connectivity index (χ1v) is 3.34. The lowest BCUT2D eigenvalue weighted by atomic mass is 10.2. The van der Waals surface area contributed by atoms with Gasteiger partial charge in [-0.2, -0.15) is 0 Å². The molecular weight excluding hydrogens is 124 g/mol. The molecule has 0 atom stereocenters. The number of nitrogens with two attached hydrogens (primary N) is 1. The van der Waals surface area contributed by atoms with Crippen molar-refractivity contribution in [3.05, 3.63) is 24.0 Å². The van der Waals surface area contributed by atoms with E-state index in [9.17, 15) is 0 Å². The van der Waals surface area contributed by atoms with Gasteiger partial charge in [-0.15, -0.1) is 0 Å². The fourth-order valence-corrected chi connectivity index (χ4v) is 0.915. The van der Waals surface area contributed by atoms with E-state index >= 15 is 0 Å². The fraction of sp³-hybridized carbons (Fsp3) is 0.375. The Morgan fingerprint density at radius 1 is 1.60 bits per heavy atom. The molecule has 2 N–H and O–H groups in total. The molecule has 0 aliphatic heterocycles. The Bertz CT molecular complexity index is 361. The summed E-state index contributed by atoms with van der Waals surface area (Å²) < 4.78 is 22.4. The highest BCUT2D eigenvalue weighted by atomic mass is 14.7. The molecular formula is C8H10N2. The van der Waals surface area contributed by atoms with Crippen LogP contribution in [-0.2, 0) is 0 Å². The number of nitrogens with zero attached hydrogens (tertiary/aromatic N) is 1. The van der Waals surface area contributed by atoms with Crippen LogP contribution in [0.4, 0.5) is 5.69 Å². The van der Waals surface area contributed by atoms with Crippen molar-refractivity contribution in [1.82, 2.24) is 4.98 Å². The maximum atomic E-state index is 7.64. The third-order valence-electron chi connectivity index (χ3n) is 1.61. The zero-order valence-electron chi connectivity index (χ0n) is 8.52. The summed E-state index contributed by atoms with van der Waals surface area (Å²) in [6.45, 7) is 0. The number of anilines is 1. The average Bonchev–Trinajstić information content (AvgIpc) is 2.84. The molecule has 0 bridgehead atoms. The van der Waals surface area contributed by atoms with Gasteiger partial charge in [0.05, 0.1) is 9.80 Å². The van der Waals surface area contributed by atoms with Crippen LogP contribution in [0.15, 0.2) is 18.4 Å². The van der Waals surface area contributed by atoms with Crippen LogP contribution in [0.2, 0.25) is 0 Å². The summed E-state index contributed by atoms with van der Waals surface area (Å²) in [6, 6.07) is 0.132. The second-order valence-electron chi connectivity index (χ2n) is 2.56. The van der Waals surface area contributed by atoms with Gasteiger partial charge in [-0.05, 0) is 30.4 Å². The maximum absolute atomic E-state index is 7.64. The zero-order valence-corrected chi connectivity index (χ0v) is 5.52. The van der Waals surface area contributed by atoms with Crippen LogP contribution in [0.3, 0.4) is 0 Å². The Morgan fingerprint density at radius 3 is 3.10 bits per heavy atom. The summed E-state index contributed by atoms with van der Waals surface area (Å²) in [7, 11) is 0. The van der Waals surface area contributed by atoms with Gasteiger partial charge in [-0.3, -0.25) is 4.98 Å². The number of pyridine rings is 1. The number of hydrogen-bond donors (Lipinski definition) is 1. The van der Waals surface area contributed by atoms with E-state index in [1.807, 2.05) is 0 Å². The molecule has 0 amide bonds. The SMILES string of the molecule is [2H]c1nc([2H])c(C2CC2)c([2H])c1N. The zero-order chi connectivity index (χ0) is 9.59. The Kier molecular flexibility index (Phi) is 0.666. The molecule has 1 aromatic heterocycles. The molecule has 2 nitrogen and oxygen atoms in total. The van der Waals surface area contributed by atoms with Crippen LogP contribution in [0.25, 0.3) is 0 Å². The van der Waals surface area contributed by atoms with Crippen LogP contribution in [0, 0.1) is 0 Å². The molecule has 1 fully saturated rings. The number of nitrogen functional groups attached to an aromatic ring is 1. The molecule has 1 saturated carbocycles. The van der Waals surface area contributed by atoms with Crippen molar-refractivity contribution in [3.63, 3.8) is 0 Å². The highest BCUT2D eigenvalue weighted by molar-refractivity contribution is 5.39. The smallest absolute Gasteiger partial charge is 0.0862 e. The lowest BCUT2D eigenvalue weighted by Crippen LogP contribution is -1.88. The average molecular weight is 137 g/mol. The number of aromatic nitrogens is 1. The second-order valence-corrected chi connectivity index (χ2v) is 2.56. The molecule has 1 aliphatic carbocycles. The van der Waals surface area contributed by atoms with Gasteiger partial charge < -0.3 is 5.73 Å². The third-order valence-corrected chi connectivity index (χ3v) is 1.61. The summed E-state index contributed by atoms with van der Waals surface area (Å²) in [5, 5.41) is 0. The van der Waals surface area contributed by atoms with Crippen LogP contribution in [0.5, 0.6) is 0 Å². The van der Waals surface area contributed by atoms with Gasteiger partial charge in [-0.25, -0.2) is 0 Å². The minimum absolute atomic E-state index is 0.0479. The Balaban J connectivity index is 2.60. The minimum Gasteiger partial charge on any atom is -0.397 e. The summed E-state index contributed by atoms with van der Waals surface area (Å²) in [5.41, 5.74) is 6.21. The van der Waals surface area contributed by atoms with E-state index in [1.54, 1.807) is 0 Å². The number of hydrogen-bond acceptors (Lipinski definition) is 2. The molecule has 2 heteroatoms. The molecule has 0 radical (unpaired) electrons. The molecule has 0 unspecified atom stereocenters. The van der Waals surface area contributed by atoms with Crippen LogP contribution in [-0.4, -0.2) is 4.98 Å². The van der Waals surface area contributed by atoms with Gasteiger partial charge in [-0.1, -0.05) is 0 Å². The van der Waals surface area contributed by atoms with Crippen LogP contribution >= 0.6 is 0 Å². The Labute approximate surface area is 64.3 Å². The van der Waals surface area contributed by atoms with Crippen molar-refractivity contribution < 1.29 is 4.11 Å². The molecule has 1 aliphatic rings. The molecule has 1 aromatic rings. The first kappa shape index (κ1) is 3.37. The predicted octanol–water partition coefficient (Wildman–Crippen LogP) is 1.54. The molecule has 52 valence electrons. The van der Waals surface area contributed by atoms with E-state index in [0.717, 1.165) is 12.8 Å². The van der Waals surface area contributed by atoms with E-state index in [0.29, 0.717) is 5.56 Å². The highest BCUT2D eigenvalue weighted by Gasteiger charge is 2.23. The van der Waals surface area contributed by atoms with Crippen molar-refractivity contribution in [2.24, 2.45) is 0 Å². The van der Waals surface area contributed by atoms with Crippen LogP contribution in [0.1, 0.15) is 28.4 Å². The van der Waals surface area contributed by atoms with Gasteiger partial charge in [0.1, 0.15) is 0 Å². The van der Waals surface area contributed by atoms with Crippen molar-refractivity contribution in [2.75, 3.05) is 5.73 Å². The monoisotopic (exact) mass is 137 g/mol. The molecule has 2 rings (SSSR count). The molecule has 0 aromatic carbocycles. The van der Waals surface area contributed by atoms with Crippen molar-refractivity contribution in [1.29, 1.82) is 0 Å². The standard InChI is InChI=1S/C8H10N2/c9-8-3-7(4-10-5-8)6-1-2-6/h3-6H,1-2,9H2/i3D,4D,5D. The molecule has 1 heterocycles. The lowest BCUT2D eigenvalue weighted by molar-refractivity contribution is 1.10. The van der Waals surface area contributed by atoms with Gasteiger partial charge in [0.2, 0.25) is 0 Å².